The number of carbonyl (C=O) groups is 2. The first kappa shape index (κ1) is 19.6. The second-order valence-corrected chi connectivity index (χ2v) is 6.51. The molecule has 0 aliphatic carbocycles. The maximum Gasteiger partial charge on any atom is 0.254 e. The highest BCUT2D eigenvalue weighted by Crippen LogP contribution is 2.06. The first-order valence-corrected chi connectivity index (χ1v) is 9.14. The van der Waals surface area contributed by atoms with Crippen LogP contribution >= 0.6 is 0 Å². The van der Waals surface area contributed by atoms with Crippen LogP contribution in [0.15, 0.2) is 49.1 Å². The molecule has 138 valence electrons. The lowest BCUT2D eigenvalue weighted by Gasteiger charge is -2.01. The van der Waals surface area contributed by atoms with Gasteiger partial charge in [-0.3, -0.25) is 9.59 Å². The number of primary amides is 2. The molecule has 0 saturated heterocycles. The van der Waals surface area contributed by atoms with Crippen LogP contribution in [0.25, 0.3) is 0 Å². The maximum absolute atomic E-state index is 11.2. The molecule has 0 unspecified atom stereocenters. The molecule has 0 spiro atoms. The Kier molecular flexibility index (Phi) is 7.74. The third kappa shape index (κ3) is 6.63. The number of aromatic nitrogens is 2. The number of hydrogen-bond donors (Lipinski definition) is 2. The van der Waals surface area contributed by atoms with Gasteiger partial charge in [-0.1, -0.05) is 12.8 Å². The van der Waals surface area contributed by atoms with Gasteiger partial charge < -0.3 is 11.5 Å². The van der Waals surface area contributed by atoms with Gasteiger partial charge in [0.15, 0.2) is 24.8 Å². The molecular formula is C20H28N4O2+2. The predicted octanol–water partition coefficient (Wildman–Crippen LogP) is 1.50. The molecule has 2 amide bonds. The third-order valence-electron chi connectivity index (χ3n) is 4.37. The van der Waals surface area contributed by atoms with E-state index in [9.17, 15) is 9.59 Å². The zero-order chi connectivity index (χ0) is 18.8. The lowest BCUT2D eigenvalue weighted by molar-refractivity contribution is -0.697. The van der Waals surface area contributed by atoms with Crippen molar-refractivity contribution >= 4 is 11.8 Å². The van der Waals surface area contributed by atoms with Crippen LogP contribution in [0.4, 0.5) is 0 Å². The maximum atomic E-state index is 11.2. The molecule has 0 atom stereocenters. The van der Waals surface area contributed by atoms with Gasteiger partial charge in [-0.25, -0.2) is 9.13 Å². The minimum absolute atomic E-state index is 0.390. The largest absolute Gasteiger partial charge is 0.365 e. The van der Waals surface area contributed by atoms with Crippen LogP contribution < -0.4 is 20.6 Å². The van der Waals surface area contributed by atoms with Crippen LogP contribution in [-0.4, -0.2) is 11.8 Å². The summed E-state index contributed by atoms with van der Waals surface area (Å²) in [6.07, 6.45) is 14.4. The van der Waals surface area contributed by atoms with E-state index in [1.54, 1.807) is 24.5 Å². The van der Waals surface area contributed by atoms with Gasteiger partial charge in [0.1, 0.15) is 24.2 Å². The molecule has 0 radical (unpaired) electrons. The second kappa shape index (κ2) is 10.3. The van der Waals surface area contributed by atoms with Crippen molar-refractivity contribution in [3.63, 3.8) is 0 Å². The molecule has 2 aromatic rings. The summed E-state index contributed by atoms with van der Waals surface area (Å²) >= 11 is 0. The number of unbranched alkanes of at least 4 members (excludes halogenated alkanes) is 5. The third-order valence-corrected chi connectivity index (χ3v) is 4.37. The summed E-state index contributed by atoms with van der Waals surface area (Å²) in [5.41, 5.74) is 11.7. The zero-order valence-corrected chi connectivity index (χ0v) is 15.1. The topological polar surface area (TPSA) is 93.9 Å². The highest BCUT2D eigenvalue weighted by atomic mass is 16.1. The Hall–Kier alpha value is -2.76. The Morgan fingerprint density at radius 1 is 0.692 bits per heavy atom. The van der Waals surface area contributed by atoms with Crippen LogP contribution in [0.2, 0.25) is 0 Å². The van der Waals surface area contributed by atoms with Crippen molar-refractivity contribution in [2.75, 3.05) is 0 Å². The van der Waals surface area contributed by atoms with Gasteiger partial charge in [0.05, 0.1) is 0 Å². The van der Waals surface area contributed by atoms with Crippen LogP contribution in [0.5, 0.6) is 0 Å². The molecule has 0 bridgehead atoms. The number of nitrogens with zero attached hydrogens (tertiary/aromatic N) is 2. The Morgan fingerprint density at radius 3 is 1.46 bits per heavy atom. The normalized spacial score (nSPS) is 10.6. The molecule has 6 nitrogen and oxygen atoms in total. The molecule has 0 fully saturated rings. The number of pyridine rings is 2. The van der Waals surface area contributed by atoms with Gasteiger partial charge in [-0.05, 0) is 25.0 Å². The average Bonchev–Trinajstić information content (AvgIpc) is 2.64. The predicted molar refractivity (Wildman–Crippen MR) is 98.0 cm³/mol. The van der Waals surface area contributed by atoms with Crippen LogP contribution in [0, 0.1) is 0 Å². The number of hydrogen-bond acceptors (Lipinski definition) is 2. The molecule has 2 heterocycles. The molecule has 0 aliphatic heterocycles. The van der Waals surface area contributed by atoms with Crippen LogP contribution in [0.1, 0.15) is 59.2 Å². The zero-order valence-electron chi connectivity index (χ0n) is 15.1. The standard InChI is InChI=1S/C20H26N4O2/c21-19(25)17-9-7-13-23(15-17)11-5-3-1-2-4-6-12-24-14-8-10-18(16-24)20(22)26/h7-10,13-16H,1-6,11-12H2,(H2-2,21,22,25,26)/p+2. The van der Waals surface area contributed by atoms with E-state index < -0.39 is 11.8 Å². The number of aryl methyl sites for hydroxylation is 2. The fourth-order valence-corrected chi connectivity index (χ4v) is 2.91. The fourth-order valence-electron chi connectivity index (χ4n) is 2.91. The lowest BCUT2D eigenvalue weighted by atomic mass is 10.1. The lowest BCUT2D eigenvalue weighted by Crippen LogP contribution is -2.34. The molecule has 2 rings (SSSR count). The number of rotatable bonds is 11. The van der Waals surface area contributed by atoms with Gasteiger partial charge in [-0.15, -0.1) is 0 Å². The van der Waals surface area contributed by atoms with Crippen molar-refractivity contribution in [2.45, 2.75) is 51.6 Å². The van der Waals surface area contributed by atoms with Crippen molar-refractivity contribution < 1.29 is 18.7 Å². The molecular weight excluding hydrogens is 328 g/mol. The summed E-state index contributed by atoms with van der Waals surface area (Å²) in [7, 11) is 0. The molecule has 6 heteroatoms. The SMILES string of the molecule is NC(=O)c1ccc[n+](CCCCCCCC[n+]2cccc(C(N)=O)c2)c1. The van der Waals surface area contributed by atoms with Crippen molar-refractivity contribution in [1.82, 2.24) is 0 Å². The second-order valence-electron chi connectivity index (χ2n) is 6.51. The van der Waals surface area contributed by atoms with E-state index >= 15 is 0 Å². The summed E-state index contributed by atoms with van der Waals surface area (Å²) in [6, 6.07) is 7.17. The number of amides is 2. The van der Waals surface area contributed by atoms with E-state index in [1.807, 2.05) is 33.7 Å². The van der Waals surface area contributed by atoms with Gasteiger partial charge in [0, 0.05) is 25.0 Å². The molecule has 0 saturated carbocycles. The van der Waals surface area contributed by atoms with E-state index in [0.717, 1.165) is 38.8 Å². The first-order chi connectivity index (χ1) is 12.6. The molecule has 2 aromatic heterocycles. The van der Waals surface area contributed by atoms with Crippen molar-refractivity contribution in [2.24, 2.45) is 11.5 Å². The highest BCUT2D eigenvalue weighted by molar-refractivity contribution is 5.92. The van der Waals surface area contributed by atoms with Crippen molar-refractivity contribution in [3.05, 3.63) is 60.2 Å². The number of carbonyl (C=O) groups excluding carboxylic acids is 2. The Bertz CT molecular complexity index is 683. The van der Waals surface area contributed by atoms with Gasteiger partial charge >= 0.3 is 0 Å². The smallest absolute Gasteiger partial charge is 0.254 e. The minimum atomic E-state index is -0.390. The Balaban J connectivity index is 1.57. The van der Waals surface area contributed by atoms with Gasteiger partial charge in [-0.2, -0.15) is 0 Å². The highest BCUT2D eigenvalue weighted by Gasteiger charge is 2.08. The average molecular weight is 356 g/mol. The van der Waals surface area contributed by atoms with E-state index in [-0.39, 0.29) is 0 Å². The van der Waals surface area contributed by atoms with E-state index in [4.69, 9.17) is 11.5 Å². The summed E-state index contributed by atoms with van der Waals surface area (Å²) in [6.45, 7) is 1.80. The summed E-state index contributed by atoms with van der Waals surface area (Å²) < 4.78 is 4.03. The Morgan fingerprint density at radius 2 is 1.08 bits per heavy atom. The number of nitrogens with two attached hydrogens (primary N) is 2. The molecule has 0 aliphatic rings. The van der Waals surface area contributed by atoms with Crippen LogP contribution in [-0.2, 0) is 13.1 Å². The minimum Gasteiger partial charge on any atom is -0.365 e. The van der Waals surface area contributed by atoms with E-state index in [2.05, 4.69) is 0 Å². The van der Waals surface area contributed by atoms with Crippen molar-refractivity contribution in [1.29, 1.82) is 0 Å². The van der Waals surface area contributed by atoms with Gasteiger partial charge in [0.25, 0.3) is 11.8 Å². The van der Waals surface area contributed by atoms with Crippen molar-refractivity contribution in [3.8, 4) is 0 Å². The van der Waals surface area contributed by atoms with Gasteiger partial charge in [0.2, 0.25) is 0 Å². The molecule has 4 N–H and O–H groups in total. The Labute approximate surface area is 154 Å². The summed E-state index contributed by atoms with van der Waals surface area (Å²) in [5.74, 6) is -0.780. The monoisotopic (exact) mass is 356 g/mol. The van der Waals surface area contributed by atoms with E-state index in [1.165, 1.54) is 12.8 Å². The molecule has 26 heavy (non-hydrogen) atoms. The first-order valence-electron chi connectivity index (χ1n) is 9.14. The fraction of sp³-hybridized carbons (Fsp3) is 0.400. The summed E-state index contributed by atoms with van der Waals surface area (Å²) in [4.78, 5) is 22.3. The van der Waals surface area contributed by atoms with Crippen LogP contribution in [0.3, 0.4) is 0 Å². The molecule has 0 aromatic carbocycles. The van der Waals surface area contributed by atoms with E-state index in [0.29, 0.717) is 11.1 Å². The summed E-state index contributed by atoms with van der Waals surface area (Å²) in [5, 5.41) is 0. The quantitative estimate of drug-likeness (QED) is 0.471.